The van der Waals surface area contributed by atoms with E-state index in [0.717, 1.165) is 38.2 Å². The van der Waals surface area contributed by atoms with Crippen molar-refractivity contribution < 1.29 is 0 Å². The minimum atomic E-state index is 0.424. The van der Waals surface area contributed by atoms with E-state index in [1.165, 1.54) is 5.69 Å². The van der Waals surface area contributed by atoms with E-state index in [0.29, 0.717) is 16.6 Å². The molecule has 5 heteroatoms. The van der Waals surface area contributed by atoms with Crippen LogP contribution in [0.1, 0.15) is 25.3 Å². The third kappa shape index (κ3) is 3.47. The molecule has 0 spiro atoms. The SMILES string of the molecule is CCN(c1ccc(C#N)c(Cl)c1)C1CCCN(c2cccnc2)C1. The molecule has 24 heavy (non-hydrogen) atoms. The first kappa shape index (κ1) is 16.6. The molecule has 0 aliphatic carbocycles. The van der Waals surface area contributed by atoms with Crippen LogP contribution < -0.4 is 9.80 Å². The van der Waals surface area contributed by atoms with Gasteiger partial charge in [0.1, 0.15) is 6.07 Å². The molecule has 1 aliphatic heterocycles. The molecular formula is C19H21ClN4. The minimum absolute atomic E-state index is 0.424. The number of aromatic nitrogens is 1. The highest BCUT2D eigenvalue weighted by molar-refractivity contribution is 6.32. The summed E-state index contributed by atoms with van der Waals surface area (Å²) in [5, 5.41) is 9.58. The zero-order chi connectivity index (χ0) is 16.9. The van der Waals surface area contributed by atoms with Crippen molar-refractivity contribution >= 4 is 23.0 Å². The first-order chi connectivity index (χ1) is 11.7. The molecule has 0 N–H and O–H groups in total. The van der Waals surface area contributed by atoms with Gasteiger partial charge in [0, 0.05) is 37.6 Å². The predicted molar refractivity (Wildman–Crippen MR) is 98.7 cm³/mol. The number of hydrogen-bond donors (Lipinski definition) is 0. The van der Waals surface area contributed by atoms with Gasteiger partial charge in [0.25, 0.3) is 0 Å². The Morgan fingerprint density at radius 1 is 1.42 bits per heavy atom. The number of piperidine rings is 1. The third-order valence-corrected chi connectivity index (χ3v) is 4.91. The highest BCUT2D eigenvalue weighted by Crippen LogP contribution is 2.28. The minimum Gasteiger partial charge on any atom is -0.368 e. The Kier molecular flexibility index (Phi) is 5.22. The molecule has 2 heterocycles. The smallest absolute Gasteiger partial charge is 0.101 e. The summed E-state index contributed by atoms with van der Waals surface area (Å²) in [5.41, 5.74) is 2.78. The van der Waals surface area contributed by atoms with Gasteiger partial charge in [0.05, 0.1) is 22.5 Å². The Balaban J connectivity index is 1.80. The average molecular weight is 341 g/mol. The average Bonchev–Trinajstić information content (AvgIpc) is 2.63. The second-order valence-electron chi connectivity index (χ2n) is 6.02. The van der Waals surface area contributed by atoms with Crippen LogP contribution in [0.3, 0.4) is 0 Å². The van der Waals surface area contributed by atoms with E-state index < -0.39 is 0 Å². The molecular weight excluding hydrogens is 320 g/mol. The summed E-state index contributed by atoms with van der Waals surface area (Å²) in [6.07, 6.45) is 6.04. The monoisotopic (exact) mass is 340 g/mol. The molecule has 3 rings (SSSR count). The Hall–Kier alpha value is -2.25. The summed E-state index contributed by atoms with van der Waals surface area (Å²) in [6.45, 7) is 5.11. The van der Waals surface area contributed by atoms with Crippen molar-refractivity contribution in [1.29, 1.82) is 5.26 Å². The van der Waals surface area contributed by atoms with Gasteiger partial charge < -0.3 is 9.80 Å². The number of likely N-dealkylation sites (N-methyl/N-ethyl adjacent to an activating group) is 1. The van der Waals surface area contributed by atoms with E-state index in [4.69, 9.17) is 16.9 Å². The third-order valence-electron chi connectivity index (χ3n) is 4.59. The lowest BCUT2D eigenvalue weighted by atomic mass is 10.0. The largest absolute Gasteiger partial charge is 0.368 e. The quantitative estimate of drug-likeness (QED) is 0.840. The number of halogens is 1. The molecule has 0 amide bonds. The van der Waals surface area contributed by atoms with Crippen molar-refractivity contribution in [3.63, 3.8) is 0 Å². The van der Waals surface area contributed by atoms with Crippen molar-refractivity contribution in [2.45, 2.75) is 25.8 Å². The molecule has 124 valence electrons. The molecule has 1 atom stereocenters. The molecule has 0 radical (unpaired) electrons. The van der Waals surface area contributed by atoms with Crippen LogP contribution in [0.15, 0.2) is 42.7 Å². The lowest BCUT2D eigenvalue weighted by Crippen LogP contribution is -2.48. The standard InChI is InChI=1S/C19H21ClN4/c1-2-24(16-8-7-15(12-21)19(20)11-16)18-6-4-10-23(14-18)17-5-3-9-22-13-17/h3,5,7-9,11,13,18H,2,4,6,10,14H2,1H3. The maximum atomic E-state index is 9.05. The summed E-state index contributed by atoms with van der Waals surface area (Å²) in [7, 11) is 0. The normalized spacial score (nSPS) is 17.4. The lowest BCUT2D eigenvalue weighted by molar-refractivity contribution is 0.475. The van der Waals surface area contributed by atoms with Crippen molar-refractivity contribution in [3.8, 4) is 6.07 Å². The van der Waals surface area contributed by atoms with Crippen LogP contribution in [-0.4, -0.2) is 30.7 Å². The summed E-state index contributed by atoms with van der Waals surface area (Å²) in [6, 6.07) is 12.4. The van der Waals surface area contributed by atoms with Crippen LogP contribution in [0.4, 0.5) is 11.4 Å². The second kappa shape index (κ2) is 7.55. The molecule has 4 nitrogen and oxygen atoms in total. The maximum absolute atomic E-state index is 9.05. The van der Waals surface area contributed by atoms with Gasteiger partial charge in [0.2, 0.25) is 0 Å². The Labute approximate surface area is 148 Å². The van der Waals surface area contributed by atoms with Crippen LogP contribution >= 0.6 is 11.6 Å². The Bertz CT molecular complexity index is 726. The van der Waals surface area contributed by atoms with Crippen LogP contribution in [0, 0.1) is 11.3 Å². The van der Waals surface area contributed by atoms with E-state index in [2.05, 4.69) is 33.8 Å². The van der Waals surface area contributed by atoms with E-state index in [1.807, 2.05) is 36.7 Å². The van der Waals surface area contributed by atoms with E-state index in [-0.39, 0.29) is 0 Å². The lowest BCUT2D eigenvalue weighted by Gasteiger charge is -2.41. The fraction of sp³-hybridized carbons (Fsp3) is 0.368. The predicted octanol–water partition coefficient (Wildman–Crippen LogP) is 4.10. The molecule has 1 aliphatic rings. The molecule has 2 aromatic rings. The van der Waals surface area contributed by atoms with Gasteiger partial charge in [-0.25, -0.2) is 0 Å². The van der Waals surface area contributed by atoms with Crippen LogP contribution in [0.25, 0.3) is 0 Å². The van der Waals surface area contributed by atoms with Crippen molar-refractivity contribution in [1.82, 2.24) is 4.98 Å². The van der Waals surface area contributed by atoms with Gasteiger partial charge in [-0.05, 0) is 50.1 Å². The van der Waals surface area contributed by atoms with Crippen LogP contribution in [0.5, 0.6) is 0 Å². The molecule has 1 aromatic heterocycles. The zero-order valence-electron chi connectivity index (χ0n) is 13.8. The first-order valence-electron chi connectivity index (χ1n) is 8.34. The van der Waals surface area contributed by atoms with Crippen LogP contribution in [-0.2, 0) is 0 Å². The van der Waals surface area contributed by atoms with E-state index in [1.54, 1.807) is 0 Å². The molecule has 1 unspecified atom stereocenters. The van der Waals surface area contributed by atoms with Crippen molar-refractivity contribution in [3.05, 3.63) is 53.3 Å². The highest BCUT2D eigenvalue weighted by Gasteiger charge is 2.25. The fourth-order valence-electron chi connectivity index (χ4n) is 3.41. The summed E-state index contributed by atoms with van der Waals surface area (Å²) in [5.74, 6) is 0. The fourth-order valence-corrected chi connectivity index (χ4v) is 3.63. The number of nitrogens with zero attached hydrogens (tertiary/aromatic N) is 4. The number of anilines is 2. The number of rotatable bonds is 4. The molecule has 1 aromatic carbocycles. The topological polar surface area (TPSA) is 43.2 Å². The highest BCUT2D eigenvalue weighted by atomic mass is 35.5. The summed E-state index contributed by atoms with van der Waals surface area (Å²) < 4.78 is 0. The summed E-state index contributed by atoms with van der Waals surface area (Å²) >= 11 is 6.23. The van der Waals surface area contributed by atoms with Crippen molar-refractivity contribution in [2.75, 3.05) is 29.4 Å². The molecule has 1 fully saturated rings. The number of pyridine rings is 1. The van der Waals surface area contributed by atoms with Crippen molar-refractivity contribution in [2.24, 2.45) is 0 Å². The Morgan fingerprint density at radius 2 is 2.29 bits per heavy atom. The van der Waals surface area contributed by atoms with E-state index in [9.17, 15) is 0 Å². The molecule has 1 saturated heterocycles. The van der Waals surface area contributed by atoms with Gasteiger partial charge in [0.15, 0.2) is 0 Å². The zero-order valence-corrected chi connectivity index (χ0v) is 14.6. The molecule has 0 bridgehead atoms. The first-order valence-corrected chi connectivity index (χ1v) is 8.72. The van der Waals surface area contributed by atoms with Crippen LogP contribution in [0.2, 0.25) is 5.02 Å². The Morgan fingerprint density at radius 3 is 2.96 bits per heavy atom. The maximum Gasteiger partial charge on any atom is 0.101 e. The van der Waals surface area contributed by atoms with Gasteiger partial charge >= 0.3 is 0 Å². The molecule has 0 saturated carbocycles. The number of hydrogen-bond acceptors (Lipinski definition) is 4. The number of benzene rings is 1. The number of nitriles is 1. The van der Waals surface area contributed by atoms with E-state index >= 15 is 0 Å². The van der Waals surface area contributed by atoms with Gasteiger partial charge in [-0.3, -0.25) is 4.98 Å². The second-order valence-corrected chi connectivity index (χ2v) is 6.42. The van der Waals surface area contributed by atoms with Gasteiger partial charge in [-0.2, -0.15) is 5.26 Å². The summed E-state index contributed by atoms with van der Waals surface area (Å²) in [4.78, 5) is 9.02. The van der Waals surface area contributed by atoms with Gasteiger partial charge in [-0.1, -0.05) is 11.6 Å². The van der Waals surface area contributed by atoms with Gasteiger partial charge in [-0.15, -0.1) is 0 Å².